The molecule has 2 N–H and O–H groups in total. The van der Waals surface area contributed by atoms with E-state index < -0.39 is 44.0 Å². The summed E-state index contributed by atoms with van der Waals surface area (Å²) in [7, 11) is -3.45. The molecule has 0 saturated heterocycles. The van der Waals surface area contributed by atoms with Crippen LogP contribution in [0, 0.1) is 5.92 Å². The Morgan fingerprint density at radius 3 is 2.33 bits per heavy atom. The minimum absolute atomic E-state index is 0.0116. The summed E-state index contributed by atoms with van der Waals surface area (Å²) in [4.78, 5) is 23.0. The molecule has 14 nitrogen and oxygen atoms in total. The predicted octanol–water partition coefficient (Wildman–Crippen LogP) is 0.495. The number of rotatable bonds is 9. The van der Waals surface area contributed by atoms with Crippen molar-refractivity contribution < 1.29 is 31.5 Å². The van der Waals surface area contributed by atoms with Gasteiger partial charge in [-0.15, -0.1) is 0 Å². The fraction of sp³-hybridized carbons (Fsp3) is 0.458. The van der Waals surface area contributed by atoms with E-state index in [9.17, 15) is 26.7 Å². The second-order valence-electron chi connectivity index (χ2n) is 9.95. The van der Waals surface area contributed by atoms with Crippen molar-refractivity contribution in [3.63, 3.8) is 0 Å². The summed E-state index contributed by atoms with van der Waals surface area (Å²) in [6.07, 6.45) is 4.62. The zero-order chi connectivity index (χ0) is 29.4. The van der Waals surface area contributed by atoms with E-state index in [0.29, 0.717) is 0 Å². The Balaban J connectivity index is 1.76. The highest BCUT2D eigenvalue weighted by Crippen LogP contribution is 2.36. The number of sulfonamides is 2. The second-order valence-corrected chi connectivity index (χ2v) is 13.6. The predicted molar refractivity (Wildman–Crippen MR) is 145 cm³/mol. The van der Waals surface area contributed by atoms with Crippen molar-refractivity contribution in [1.29, 1.82) is 0 Å². The number of para-hydroxylation sites is 1. The number of imidazole rings is 2. The monoisotopic (exact) mass is 595 g/mol. The molecule has 3 atom stereocenters. The average molecular weight is 596 g/mol. The van der Waals surface area contributed by atoms with Crippen molar-refractivity contribution in [2.75, 3.05) is 31.5 Å². The number of hydrogen-bond acceptors (Lipinski definition) is 9. The number of carbonyl (C=O) groups is 1. The number of carbonyl (C=O) groups excluding carboxylic acids is 1. The first-order valence-corrected chi connectivity index (χ1v) is 15.3. The van der Waals surface area contributed by atoms with Crippen molar-refractivity contribution in [3.8, 4) is 5.75 Å². The number of hydrogen-bond donors (Lipinski definition) is 2. The molecule has 0 spiro atoms. The molecule has 3 aromatic rings. The molecule has 0 unspecified atom stereocenters. The van der Waals surface area contributed by atoms with Crippen LogP contribution < -0.4 is 9.46 Å². The Morgan fingerprint density at radius 2 is 1.75 bits per heavy atom. The quantitative estimate of drug-likeness (QED) is 0.358. The van der Waals surface area contributed by atoms with E-state index in [1.54, 1.807) is 27.9 Å². The minimum atomic E-state index is -4.15. The molecular weight excluding hydrogens is 562 g/mol. The molecule has 0 aliphatic carbocycles. The lowest BCUT2D eigenvalue weighted by molar-refractivity contribution is 0.0389. The van der Waals surface area contributed by atoms with E-state index >= 15 is 0 Å². The third-order valence-corrected chi connectivity index (χ3v) is 9.64. The first-order chi connectivity index (χ1) is 18.7. The van der Waals surface area contributed by atoms with Crippen LogP contribution in [0.4, 0.5) is 5.69 Å². The number of benzene rings is 1. The SMILES string of the molecule is C[C@@H]1CN([C@@H](C)CO)C(=O)c2cccc(NS(=O)(=O)c3cn(C)cn3)c2O[C@@H]1CN(C)S(=O)(=O)c1cn(C)cn1. The fourth-order valence-electron chi connectivity index (χ4n) is 4.30. The highest BCUT2D eigenvalue weighted by molar-refractivity contribution is 7.92. The summed E-state index contributed by atoms with van der Waals surface area (Å²) < 4.78 is 65.5. The molecule has 0 bridgehead atoms. The Hall–Kier alpha value is -3.47. The molecule has 0 saturated carbocycles. The van der Waals surface area contributed by atoms with Gasteiger partial charge in [0.05, 0.1) is 43.1 Å². The van der Waals surface area contributed by atoms with E-state index in [-0.39, 0.29) is 46.7 Å². The van der Waals surface area contributed by atoms with Crippen LogP contribution in [0.25, 0.3) is 0 Å². The number of anilines is 1. The molecule has 1 amide bonds. The van der Waals surface area contributed by atoms with Gasteiger partial charge in [0.1, 0.15) is 6.10 Å². The number of fused-ring (bicyclic) bond motifs is 1. The van der Waals surface area contributed by atoms with Gasteiger partial charge in [0.25, 0.3) is 26.0 Å². The van der Waals surface area contributed by atoms with Gasteiger partial charge in [0, 0.05) is 46.0 Å². The molecule has 0 fully saturated rings. The first-order valence-electron chi connectivity index (χ1n) is 12.4. The van der Waals surface area contributed by atoms with E-state index in [1.807, 2.05) is 0 Å². The fourth-order valence-corrected chi connectivity index (χ4v) is 6.49. The van der Waals surface area contributed by atoms with Crippen molar-refractivity contribution in [2.45, 2.75) is 36.0 Å². The molecule has 16 heteroatoms. The van der Waals surface area contributed by atoms with Gasteiger partial charge in [0.15, 0.2) is 15.8 Å². The highest BCUT2D eigenvalue weighted by atomic mass is 32.2. The van der Waals surface area contributed by atoms with Crippen molar-refractivity contribution >= 4 is 31.6 Å². The van der Waals surface area contributed by atoms with E-state index in [0.717, 1.165) is 4.31 Å². The topological polar surface area (TPSA) is 169 Å². The van der Waals surface area contributed by atoms with Gasteiger partial charge in [-0.25, -0.2) is 18.4 Å². The molecule has 2 aromatic heterocycles. The first kappa shape index (κ1) is 29.5. The summed E-state index contributed by atoms with van der Waals surface area (Å²) in [5.41, 5.74) is 0.0519. The maximum atomic E-state index is 13.6. The smallest absolute Gasteiger partial charge is 0.281 e. The number of aliphatic hydroxyl groups is 1. The maximum Gasteiger partial charge on any atom is 0.281 e. The number of aryl methyl sites for hydroxylation is 2. The normalized spacial score (nSPS) is 19.1. The van der Waals surface area contributed by atoms with Crippen LogP contribution >= 0.6 is 0 Å². The number of aliphatic hydroxyl groups excluding tert-OH is 1. The molecule has 1 aliphatic rings. The zero-order valence-electron chi connectivity index (χ0n) is 22.8. The summed E-state index contributed by atoms with van der Waals surface area (Å²) in [6.45, 7) is 3.21. The lowest BCUT2D eigenvalue weighted by Gasteiger charge is -2.38. The lowest BCUT2D eigenvalue weighted by atomic mass is 9.99. The van der Waals surface area contributed by atoms with Crippen LogP contribution in [-0.2, 0) is 34.1 Å². The van der Waals surface area contributed by atoms with Crippen molar-refractivity contribution in [1.82, 2.24) is 28.3 Å². The van der Waals surface area contributed by atoms with Gasteiger partial charge < -0.3 is 23.9 Å². The Morgan fingerprint density at radius 1 is 1.12 bits per heavy atom. The number of nitrogens with one attached hydrogen (secondary N) is 1. The van der Waals surface area contributed by atoms with Crippen molar-refractivity contribution in [2.24, 2.45) is 20.0 Å². The van der Waals surface area contributed by atoms with Gasteiger partial charge in [0.2, 0.25) is 0 Å². The number of ether oxygens (including phenoxy) is 1. The van der Waals surface area contributed by atoms with Gasteiger partial charge in [-0.3, -0.25) is 9.52 Å². The largest absolute Gasteiger partial charge is 0.486 e. The van der Waals surface area contributed by atoms with E-state index in [2.05, 4.69) is 14.7 Å². The molecule has 40 heavy (non-hydrogen) atoms. The second kappa shape index (κ2) is 11.2. The average Bonchev–Trinajstić information content (AvgIpc) is 3.54. The molecule has 3 heterocycles. The van der Waals surface area contributed by atoms with Gasteiger partial charge in [-0.05, 0) is 19.1 Å². The molecule has 4 rings (SSSR count). The minimum Gasteiger partial charge on any atom is -0.486 e. The van der Waals surface area contributed by atoms with Crippen LogP contribution in [0.15, 0.2) is 53.3 Å². The number of aromatic nitrogens is 4. The molecule has 218 valence electrons. The van der Waals surface area contributed by atoms with Crippen LogP contribution in [0.1, 0.15) is 24.2 Å². The van der Waals surface area contributed by atoms with Gasteiger partial charge in [-0.2, -0.15) is 12.7 Å². The Kier molecular flexibility index (Phi) is 8.26. The van der Waals surface area contributed by atoms with Gasteiger partial charge in [-0.1, -0.05) is 13.0 Å². The number of amides is 1. The lowest BCUT2D eigenvalue weighted by Crippen LogP contribution is -2.50. The number of nitrogens with zero attached hydrogens (tertiary/aromatic N) is 6. The summed E-state index contributed by atoms with van der Waals surface area (Å²) >= 11 is 0. The molecule has 0 radical (unpaired) electrons. The molecule has 1 aliphatic heterocycles. The highest BCUT2D eigenvalue weighted by Gasteiger charge is 2.37. The van der Waals surface area contributed by atoms with Gasteiger partial charge >= 0.3 is 0 Å². The standard InChI is InChI=1S/C24H33N7O7S2/c1-16-9-31(17(2)13-32)24(33)18-7-6-8-19(27-39(34,35)21-11-28(3)14-25-21)23(18)38-20(16)10-30(5)40(36,37)22-12-29(4)15-26-22/h6-8,11-12,14-17,20,27,32H,9-10,13H2,1-5H3/t16-,17+,20-/m1/s1. The van der Waals surface area contributed by atoms with Crippen LogP contribution in [-0.4, -0.2) is 95.0 Å². The Bertz CT molecular complexity index is 1600. The molecular formula is C24H33N7O7S2. The third-order valence-electron chi connectivity index (χ3n) is 6.68. The third kappa shape index (κ3) is 5.84. The van der Waals surface area contributed by atoms with Crippen LogP contribution in [0.3, 0.4) is 0 Å². The van der Waals surface area contributed by atoms with E-state index in [4.69, 9.17) is 4.74 Å². The summed E-state index contributed by atoms with van der Waals surface area (Å²) in [5, 5.41) is 9.50. The maximum absolute atomic E-state index is 13.6. The van der Waals surface area contributed by atoms with E-state index in [1.165, 1.54) is 64.3 Å². The van der Waals surface area contributed by atoms with Crippen LogP contribution in [0.2, 0.25) is 0 Å². The van der Waals surface area contributed by atoms with Crippen LogP contribution in [0.5, 0.6) is 5.75 Å². The molecule has 1 aromatic carbocycles. The summed E-state index contributed by atoms with van der Waals surface area (Å²) in [6, 6.07) is 3.89. The van der Waals surface area contributed by atoms with Crippen molar-refractivity contribution in [3.05, 3.63) is 48.8 Å². The zero-order valence-corrected chi connectivity index (χ0v) is 24.4. The Labute approximate surface area is 233 Å². The summed E-state index contributed by atoms with van der Waals surface area (Å²) in [5.74, 6) is -0.939. The number of likely N-dealkylation sites (N-methyl/N-ethyl adjacent to an activating group) is 1.